The minimum atomic E-state index is 0.920. The average molecular weight is 454 g/mol. The summed E-state index contributed by atoms with van der Waals surface area (Å²) in [6.45, 7) is 0. The third-order valence-corrected chi connectivity index (χ3v) is 6.17. The van der Waals surface area contributed by atoms with Gasteiger partial charge in [0.15, 0.2) is 0 Å². The van der Waals surface area contributed by atoms with Crippen LogP contribution in [-0.4, -0.2) is 20.6 Å². The number of hydrogen-bond acceptors (Lipinski definition) is 3. The highest BCUT2D eigenvalue weighted by molar-refractivity contribution is 6.09. The van der Waals surface area contributed by atoms with E-state index in [0.29, 0.717) is 0 Å². The van der Waals surface area contributed by atoms with E-state index in [1.807, 2.05) is 23.0 Å². The number of rotatable bonds is 6. The maximum atomic E-state index is 7.27. The Bertz CT molecular complexity index is 1640. The molecular weight excluding hydrogens is 430 g/mol. The Kier molecular flexibility index (Phi) is 5.20. The molecule has 0 saturated carbocycles. The highest BCUT2D eigenvalue weighted by atomic mass is 15.3. The van der Waals surface area contributed by atoms with Crippen molar-refractivity contribution in [3.05, 3.63) is 122 Å². The Morgan fingerprint density at radius 1 is 0.771 bits per heavy atom. The molecule has 35 heavy (non-hydrogen) atoms. The van der Waals surface area contributed by atoms with Crippen molar-refractivity contribution in [1.29, 1.82) is 5.41 Å². The summed E-state index contributed by atoms with van der Waals surface area (Å²) in [5.41, 5.74) is 7.53. The van der Waals surface area contributed by atoms with Gasteiger partial charge in [-0.25, -0.2) is 4.68 Å². The topological polar surface area (TPSA) is 58.6 Å². The van der Waals surface area contributed by atoms with Crippen LogP contribution >= 0.6 is 0 Å². The summed E-state index contributed by atoms with van der Waals surface area (Å²) in [4.78, 5) is 0. The lowest BCUT2D eigenvalue weighted by atomic mass is 10.0. The van der Waals surface area contributed by atoms with Crippen LogP contribution in [0.1, 0.15) is 0 Å². The fourth-order valence-electron chi connectivity index (χ4n) is 4.69. The summed E-state index contributed by atoms with van der Waals surface area (Å²) in [5, 5.41) is 17.5. The highest BCUT2D eigenvalue weighted by Crippen LogP contribution is 2.37. The highest BCUT2D eigenvalue weighted by Gasteiger charge is 2.15. The standard InChI is InChI=1S/C30H23N5/c31-15-7-16-32-23-19-22(20-24(21-23)34-18-8-17-33-34)25-9-1-4-12-28(25)35-29-13-5-2-10-26(29)27-11-3-6-14-30(27)35/h1-21,31-32H/b16-7-,31-15?. The molecule has 0 bridgehead atoms. The monoisotopic (exact) mass is 453 g/mol. The lowest BCUT2D eigenvalue weighted by Gasteiger charge is -2.16. The van der Waals surface area contributed by atoms with Crippen LogP contribution in [0.2, 0.25) is 0 Å². The number of aromatic nitrogens is 3. The zero-order valence-electron chi connectivity index (χ0n) is 19.0. The van der Waals surface area contributed by atoms with Gasteiger partial charge < -0.3 is 15.3 Å². The number of allylic oxidation sites excluding steroid dienone is 1. The van der Waals surface area contributed by atoms with E-state index in [4.69, 9.17) is 5.41 Å². The first-order chi connectivity index (χ1) is 17.3. The van der Waals surface area contributed by atoms with Crippen LogP contribution in [0.4, 0.5) is 5.69 Å². The molecule has 0 atom stereocenters. The summed E-state index contributed by atoms with van der Waals surface area (Å²) in [6, 6.07) is 33.9. The molecule has 2 aromatic heterocycles. The third-order valence-electron chi connectivity index (χ3n) is 6.17. The van der Waals surface area contributed by atoms with E-state index >= 15 is 0 Å². The second kappa shape index (κ2) is 8.80. The van der Waals surface area contributed by atoms with E-state index in [0.717, 1.165) is 28.2 Å². The van der Waals surface area contributed by atoms with Crippen LogP contribution in [-0.2, 0) is 0 Å². The van der Waals surface area contributed by atoms with Crippen molar-refractivity contribution in [3.8, 4) is 22.5 Å². The molecule has 5 nitrogen and oxygen atoms in total. The van der Waals surface area contributed by atoms with Crippen molar-refractivity contribution in [3.63, 3.8) is 0 Å². The Balaban J connectivity index is 1.60. The van der Waals surface area contributed by atoms with E-state index in [9.17, 15) is 0 Å². The fraction of sp³-hybridized carbons (Fsp3) is 0. The second-order valence-electron chi connectivity index (χ2n) is 8.28. The first kappa shape index (κ1) is 20.7. The quantitative estimate of drug-likeness (QED) is 0.262. The first-order valence-electron chi connectivity index (χ1n) is 11.5. The molecule has 0 saturated heterocycles. The molecule has 6 aromatic rings. The minimum Gasteiger partial charge on any atom is -0.362 e. The molecule has 4 aromatic carbocycles. The van der Waals surface area contributed by atoms with Gasteiger partial charge in [-0.05, 0) is 54.1 Å². The lowest BCUT2D eigenvalue weighted by Crippen LogP contribution is -2.00. The van der Waals surface area contributed by atoms with Crippen LogP contribution in [0.25, 0.3) is 44.3 Å². The van der Waals surface area contributed by atoms with Crippen molar-refractivity contribution < 1.29 is 0 Å². The van der Waals surface area contributed by atoms with Crippen molar-refractivity contribution in [2.75, 3.05) is 5.32 Å². The maximum absolute atomic E-state index is 7.27. The van der Waals surface area contributed by atoms with E-state index in [1.165, 1.54) is 28.0 Å². The van der Waals surface area contributed by atoms with Crippen molar-refractivity contribution >= 4 is 33.7 Å². The minimum absolute atomic E-state index is 0.920. The molecule has 0 radical (unpaired) electrons. The van der Waals surface area contributed by atoms with Crippen molar-refractivity contribution in [2.24, 2.45) is 0 Å². The molecule has 0 spiro atoms. The summed E-state index contributed by atoms with van der Waals surface area (Å²) in [5.74, 6) is 0. The largest absolute Gasteiger partial charge is 0.362 e. The van der Waals surface area contributed by atoms with Gasteiger partial charge in [0, 0.05) is 46.8 Å². The number of nitrogens with zero attached hydrogens (tertiary/aromatic N) is 3. The van der Waals surface area contributed by atoms with Crippen LogP contribution < -0.4 is 5.32 Å². The third kappa shape index (κ3) is 3.69. The number of anilines is 1. The van der Waals surface area contributed by atoms with Gasteiger partial charge in [-0.15, -0.1) is 0 Å². The Hall–Kier alpha value is -4.90. The zero-order valence-corrected chi connectivity index (χ0v) is 19.0. The first-order valence-corrected chi connectivity index (χ1v) is 11.5. The molecular formula is C30H23N5. The maximum Gasteiger partial charge on any atom is 0.0672 e. The van der Waals surface area contributed by atoms with E-state index in [-0.39, 0.29) is 0 Å². The van der Waals surface area contributed by atoms with Crippen LogP contribution in [0.15, 0.2) is 122 Å². The van der Waals surface area contributed by atoms with Crippen LogP contribution in [0.3, 0.4) is 0 Å². The summed E-state index contributed by atoms with van der Waals surface area (Å²) in [6.07, 6.45) is 8.39. The normalized spacial score (nSPS) is 11.4. The molecule has 0 aliphatic heterocycles. The van der Waals surface area contributed by atoms with Gasteiger partial charge in [0.1, 0.15) is 0 Å². The molecule has 0 aliphatic rings. The Morgan fingerprint density at radius 3 is 2.20 bits per heavy atom. The van der Waals surface area contributed by atoms with Gasteiger partial charge in [-0.1, -0.05) is 54.6 Å². The van der Waals surface area contributed by atoms with E-state index < -0.39 is 0 Å². The number of para-hydroxylation sites is 3. The average Bonchev–Trinajstić information content (AvgIpc) is 3.56. The molecule has 0 unspecified atom stereocenters. The predicted octanol–water partition coefficient (Wildman–Crippen LogP) is 7.21. The second-order valence-corrected chi connectivity index (χ2v) is 8.28. The summed E-state index contributed by atoms with van der Waals surface area (Å²) in [7, 11) is 0. The molecule has 6 rings (SSSR count). The van der Waals surface area contributed by atoms with E-state index in [2.05, 4.69) is 99.9 Å². The van der Waals surface area contributed by atoms with Crippen LogP contribution in [0, 0.1) is 5.41 Å². The molecule has 0 aliphatic carbocycles. The molecule has 0 amide bonds. The van der Waals surface area contributed by atoms with Gasteiger partial charge in [-0.2, -0.15) is 5.10 Å². The Morgan fingerprint density at radius 2 is 1.49 bits per heavy atom. The van der Waals surface area contributed by atoms with Gasteiger partial charge in [0.25, 0.3) is 0 Å². The molecule has 5 heteroatoms. The summed E-state index contributed by atoms with van der Waals surface area (Å²) >= 11 is 0. The number of benzene rings is 4. The number of hydrogen-bond donors (Lipinski definition) is 2. The molecule has 168 valence electrons. The van der Waals surface area contributed by atoms with Crippen molar-refractivity contribution in [2.45, 2.75) is 0 Å². The number of nitrogens with one attached hydrogen (secondary N) is 2. The van der Waals surface area contributed by atoms with Gasteiger partial charge >= 0.3 is 0 Å². The van der Waals surface area contributed by atoms with Gasteiger partial charge in [0.05, 0.1) is 22.4 Å². The van der Waals surface area contributed by atoms with Gasteiger partial charge in [-0.3, -0.25) is 0 Å². The fourth-order valence-corrected chi connectivity index (χ4v) is 4.69. The van der Waals surface area contributed by atoms with Gasteiger partial charge in [0.2, 0.25) is 0 Å². The van der Waals surface area contributed by atoms with Crippen LogP contribution in [0.5, 0.6) is 0 Å². The molecule has 2 N–H and O–H groups in total. The lowest BCUT2D eigenvalue weighted by molar-refractivity contribution is 0.881. The predicted molar refractivity (Wildman–Crippen MR) is 145 cm³/mol. The molecule has 2 heterocycles. The number of fused-ring (bicyclic) bond motifs is 3. The SMILES string of the molecule is N=C/C=C\Nc1cc(-c2ccccc2-n2c3ccccc3c3ccccc32)cc(-n2cccn2)c1. The van der Waals surface area contributed by atoms with Crippen molar-refractivity contribution in [1.82, 2.24) is 14.3 Å². The molecule has 0 fully saturated rings. The summed E-state index contributed by atoms with van der Waals surface area (Å²) < 4.78 is 4.21. The Labute approximate surface area is 203 Å². The smallest absolute Gasteiger partial charge is 0.0672 e. The van der Waals surface area contributed by atoms with E-state index in [1.54, 1.807) is 18.5 Å². The zero-order chi connectivity index (χ0) is 23.6.